The third-order valence-corrected chi connectivity index (χ3v) is 8.13. The van der Waals surface area contributed by atoms with Gasteiger partial charge in [0.15, 0.2) is 8.32 Å². The largest absolute Gasteiger partial charge is 0.460 e. The van der Waals surface area contributed by atoms with E-state index >= 15 is 0 Å². The van der Waals surface area contributed by atoms with Crippen LogP contribution in [0.3, 0.4) is 0 Å². The van der Waals surface area contributed by atoms with Crippen molar-refractivity contribution in [1.82, 2.24) is 0 Å². The van der Waals surface area contributed by atoms with E-state index in [-0.39, 0.29) is 11.0 Å². The lowest BCUT2D eigenvalue weighted by molar-refractivity contribution is 0.0441. The van der Waals surface area contributed by atoms with E-state index in [4.69, 9.17) is 9.16 Å². The van der Waals surface area contributed by atoms with E-state index in [0.717, 1.165) is 0 Å². The predicted octanol–water partition coefficient (Wildman–Crippen LogP) is 3.87. The molecule has 0 aliphatic carbocycles. The molecule has 0 saturated heterocycles. The van der Waals surface area contributed by atoms with Crippen LogP contribution < -0.4 is 0 Å². The summed E-state index contributed by atoms with van der Waals surface area (Å²) < 4.78 is 11.1. The summed E-state index contributed by atoms with van der Waals surface area (Å²) in [5.74, 6) is -0.292. The van der Waals surface area contributed by atoms with Gasteiger partial charge in [-0.15, -0.1) is 0 Å². The Morgan fingerprint density at radius 2 is 1.68 bits per heavy atom. The molecule has 1 aromatic rings. The summed E-state index contributed by atoms with van der Waals surface area (Å²) in [5, 5.41) is 0.177. The molecule has 3 nitrogen and oxygen atoms in total. The molecule has 0 N–H and O–H groups in total. The Kier molecular flexibility index (Phi) is 5.32. The maximum Gasteiger partial charge on any atom is 0.338 e. The number of hydrogen-bond acceptors (Lipinski definition) is 3. The highest BCUT2D eigenvalue weighted by atomic mass is 28.4. The highest BCUT2D eigenvalue weighted by Crippen LogP contribution is 2.36. The number of rotatable bonds is 5. The molecule has 0 heterocycles. The molecule has 0 saturated carbocycles. The van der Waals surface area contributed by atoms with Gasteiger partial charge in [0.25, 0.3) is 0 Å². The molecule has 4 heteroatoms. The van der Waals surface area contributed by atoms with Crippen LogP contribution in [0.1, 0.15) is 31.1 Å². The van der Waals surface area contributed by atoms with Gasteiger partial charge in [0.1, 0.15) is 6.61 Å². The zero-order chi connectivity index (χ0) is 14.5. The molecule has 19 heavy (non-hydrogen) atoms. The first-order valence-electron chi connectivity index (χ1n) is 6.60. The SMILES string of the molecule is CC(C)(C)[Si](C)(C)OCCOC(=O)c1ccccc1. The first-order valence-corrected chi connectivity index (χ1v) is 9.51. The quantitative estimate of drug-likeness (QED) is 0.466. The van der Waals surface area contributed by atoms with Gasteiger partial charge in [0.2, 0.25) is 0 Å². The standard InChI is InChI=1S/C15H24O3Si/c1-15(2,3)19(4,5)18-12-11-17-14(16)13-9-7-6-8-10-13/h6-10H,11-12H2,1-5H3. The Morgan fingerprint density at radius 1 is 1.11 bits per heavy atom. The molecule has 1 aromatic carbocycles. The van der Waals surface area contributed by atoms with Crippen molar-refractivity contribution in [3.8, 4) is 0 Å². The molecule has 0 aliphatic rings. The van der Waals surface area contributed by atoms with Gasteiger partial charge in [0.05, 0.1) is 12.2 Å². The lowest BCUT2D eigenvalue weighted by atomic mass is 10.2. The van der Waals surface area contributed by atoms with Crippen molar-refractivity contribution in [2.45, 2.75) is 38.9 Å². The number of hydrogen-bond donors (Lipinski definition) is 0. The summed E-state index contributed by atoms with van der Waals surface area (Å²) in [7, 11) is -1.75. The number of benzene rings is 1. The van der Waals surface area contributed by atoms with Crippen molar-refractivity contribution in [3.63, 3.8) is 0 Å². The van der Waals surface area contributed by atoms with Crippen LogP contribution in [0.2, 0.25) is 18.1 Å². The molecule has 0 radical (unpaired) electrons. The summed E-state index contributed by atoms with van der Waals surface area (Å²) in [6, 6.07) is 9.01. The highest BCUT2D eigenvalue weighted by Gasteiger charge is 2.36. The maximum absolute atomic E-state index is 11.7. The summed E-state index contributed by atoms with van der Waals surface area (Å²) in [6.45, 7) is 11.7. The van der Waals surface area contributed by atoms with E-state index in [1.54, 1.807) is 12.1 Å². The van der Waals surface area contributed by atoms with E-state index in [1.807, 2.05) is 18.2 Å². The van der Waals surface area contributed by atoms with Crippen molar-refractivity contribution in [3.05, 3.63) is 35.9 Å². The molecule has 0 atom stereocenters. The smallest absolute Gasteiger partial charge is 0.338 e. The summed E-state index contributed by atoms with van der Waals surface area (Å²) in [4.78, 5) is 11.7. The molecule has 0 amide bonds. The van der Waals surface area contributed by atoms with Crippen LogP contribution in [0, 0.1) is 0 Å². The van der Waals surface area contributed by atoms with Gasteiger partial charge in [-0.3, -0.25) is 0 Å². The summed E-state index contributed by atoms with van der Waals surface area (Å²) in [5.41, 5.74) is 0.579. The van der Waals surface area contributed by atoms with Gasteiger partial charge >= 0.3 is 5.97 Å². The molecular formula is C15H24O3Si. The molecule has 1 rings (SSSR count). The molecule has 0 spiro atoms. The Hall–Kier alpha value is -1.13. The van der Waals surface area contributed by atoms with Crippen molar-refractivity contribution >= 4 is 14.3 Å². The van der Waals surface area contributed by atoms with Crippen molar-refractivity contribution < 1.29 is 14.0 Å². The van der Waals surface area contributed by atoms with Crippen LogP contribution >= 0.6 is 0 Å². The van der Waals surface area contributed by atoms with Crippen molar-refractivity contribution in [2.24, 2.45) is 0 Å². The first kappa shape index (κ1) is 15.9. The van der Waals surface area contributed by atoms with Crippen molar-refractivity contribution in [2.75, 3.05) is 13.2 Å². The second kappa shape index (κ2) is 6.35. The normalized spacial score (nSPS) is 12.3. The fourth-order valence-corrected chi connectivity index (χ4v) is 2.33. The minimum Gasteiger partial charge on any atom is -0.460 e. The van der Waals surface area contributed by atoms with Crippen LogP contribution in [-0.2, 0) is 9.16 Å². The molecule has 0 aromatic heterocycles. The van der Waals surface area contributed by atoms with Crippen molar-refractivity contribution in [1.29, 1.82) is 0 Å². The van der Waals surface area contributed by atoms with Crippen LogP contribution in [-0.4, -0.2) is 27.5 Å². The summed E-state index contributed by atoms with van der Waals surface area (Å²) >= 11 is 0. The van der Waals surface area contributed by atoms with E-state index in [1.165, 1.54) is 0 Å². The van der Waals surface area contributed by atoms with Gasteiger partial charge < -0.3 is 9.16 Å². The minimum atomic E-state index is -1.75. The Labute approximate surface area is 117 Å². The third-order valence-electron chi connectivity index (χ3n) is 3.60. The number of carbonyl (C=O) groups excluding carboxylic acids is 1. The van der Waals surface area contributed by atoms with Gasteiger partial charge in [-0.2, -0.15) is 0 Å². The summed E-state index contributed by atoms with van der Waals surface area (Å²) in [6.07, 6.45) is 0. The fourth-order valence-electron chi connectivity index (χ4n) is 1.31. The zero-order valence-electron chi connectivity index (χ0n) is 12.5. The monoisotopic (exact) mass is 280 g/mol. The number of ether oxygens (including phenoxy) is 1. The molecule has 0 fully saturated rings. The average molecular weight is 280 g/mol. The molecular weight excluding hydrogens is 256 g/mol. The van der Waals surface area contributed by atoms with E-state index in [9.17, 15) is 4.79 Å². The second-order valence-electron chi connectivity index (χ2n) is 6.11. The van der Waals surface area contributed by atoms with Gasteiger partial charge in [-0.1, -0.05) is 39.0 Å². The highest BCUT2D eigenvalue weighted by molar-refractivity contribution is 6.74. The average Bonchev–Trinajstić information content (AvgIpc) is 2.34. The number of carbonyl (C=O) groups is 1. The van der Waals surface area contributed by atoms with Gasteiger partial charge in [-0.25, -0.2) is 4.79 Å². The first-order chi connectivity index (χ1) is 8.74. The van der Waals surface area contributed by atoms with Crippen LogP contribution in [0.5, 0.6) is 0 Å². The Bertz CT molecular complexity index is 407. The molecule has 106 valence electrons. The third kappa shape index (κ3) is 4.80. The topological polar surface area (TPSA) is 35.5 Å². The van der Waals surface area contributed by atoms with Crippen LogP contribution in [0.25, 0.3) is 0 Å². The molecule has 0 bridgehead atoms. The fraction of sp³-hybridized carbons (Fsp3) is 0.533. The van der Waals surface area contributed by atoms with E-state index in [0.29, 0.717) is 18.8 Å². The molecule has 0 unspecified atom stereocenters. The Balaban J connectivity index is 2.34. The van der Waals surface area contributed by atoms with Gasteiger partial charge in [-0.05, 0) is 30.3 Å². The molecule has 0 aliphatic heterocycles. The van der Waals surface area contributed by atoms with E-state index in [2.05, 4.69) is 33.9 Å². The maximum atomic E-state index is 11.7. The predicted molar refractivity (Wildman–Crippen MR) is 79.9 cm³/mol. The van der Waals surface area contributed by atoms with Crippen LogP contribution in [0.4, 0.5) is 0 Å². The second-order valence-corrected chi connectivity index (χ2v) is 10.9. The van der Waals surface area contributed by atoms with Gasteiger partial charge in [0, 0.05) is 0 Å². The zero-order valence-corrected chi connectivity index (χ0v) is 13.5. The van der Waals surface area contributed by atoms with E-state index < -0.39 is 8.32 Å². The lowest BCUT2D eigenvalue weighted by Crippen LogP contribution is -2.41. The minimum absolute atomic E-state index is 0.177. The lowest BCUT2D eigenvalue weighted by Gasteiger charge is -2.36. The number of esters is 1. The Morgan fingerprint density at radius 3 is 2.21 bits per heavy atom. The van der Waals surface area contributed by atoms with Crippen LogP contribution in [0.15, 0.2) is 30.3 Å².